The molecule has 2 fully saturated rings. The van der Waals surface area contributed by atoms with Gasteiger partial charge in [0.1, 0.15) is 0 Å². The zero-order chi connectivity index (χ0) is 13.7. The fourth-order valence-corrected chi connectivity index (χ4v) is 2.78. The molecule has 0 atom stereocenters. The minimum absolute atomic E-state index is 0.0477. The second-order valence-corrected chi connectivity index (χ2v) is 5.31. The van der Waals surface area contributed by atoms with E-state index in [-0.39, 0.29) is 25.1 Å². The van der Waals surface area contributed by atoms with E-state index < -0.39 is 23.1 Å². The highest BCUT2D eigenvalue weighted by atomic mass is 19.3. The van der Waals surface area contributed by atoms with Crippen LogP contribution in [0.15, 0.2) is 18.5 Å². The molecule has 0 unspecified atom stereocenters. The Morgan fingerprint density at radius 3 is 2.47 bits per heavy atom. The molecule has 19 heavy (non-hydrogen) atoms. The third-order valence-electron chi connectivity index (χ3n) is 4.22. The van der Waals surface area contributed by atoms with E-state index in [4.69, 9.17) is 0 Å². The second kappa shape index (κ2) is 3.95. The Morgan fingerprint density at radius 1 is 1.32 bits per heavy atom. The van der Waals surface area contributed by atoms with Crippen LogP contribution in [0, 0.1) is 11.2 Å². The molecule has 1 saturated carbocycles. The van der Waals surface area contributed by atoms with Crippen LogP contribution in [0.5, 0.6) is 0 Å². The summed E-state index contributed by atoms with van der Waals surface area (Å²) < 4.78 is 39.9. The van der Waals surface area contributed by atoms with Gasteiger partial charge < -0.3 is 4.90 Å². The molecule has 102 valence electrons. The summed E-state index contributed by atoms with van der Waals surface area (Å²) in [7, 11) is 0. The number of hydrogen-bond donors (Lipinski definition) is 0. The zero-order valence-corrected chi connectivity index (χ0v) is 10.2. The molecule has 1 saturated heterocycles. The van der Waals surface area contributed by atoms with E-state index in [1.807, 2.05) is 0 Å². The van der Waals surface area contributed by atoms with Crippen molar-refractivity contribution in [3.63, 3.8) is 0 Å². The van der Waals surface area contributed by atoms with Crippen LogP contribution in [0.4, 0.5) is 13.2 Å². The summed E-state index contributed by atoms with van der Waals surface area (Å²) >= 11 is 0. The summed E-state index contributed by atoms with van der Waals surface area (Å²) in [5.74, 6) is -3.70. The average molecular weight is 270 g/mol. The maximum Gasteiger partial charge on any atom is 0.256 e. The number of alkyl halides is 2. The molecule has 0 radical (unpaired) electrons. The lowest BCUT2D eigenvalue weighted by Gasteiger charge is -2.32. The average Bonchev–Trinajstić information content (AvgIpc) is 2.91. The minimum atomic E-state index is -2.58. The number of amides is 1. The first-order valence-corrected chi connectivity index (χ1v) is 6.22. The van der Waals surface area contributed by atoms with E-state index in [0.717, 1.165) is 6.20 Å². The van der Waals surface area contributed by atoms with Crippen molar-refractivity contribution < 1.29 is 18.0 Å². The van der Waals surface area contributed by atoms with E-state index in [2.05, 4.69) is 4.98 Å². The number of halogens is 3. The highest BCUT2D eigenvalue weighted by Gasteiger charge is 2.70. The van der Waals surface area contributed by atoms with E-state index >= 15 is 0 Å². The highest BCUT2D eigenvalue weighted by Crippen LogP contribution is 2.65. The Morgan fingerprint density at radius 2 is 1.95 bits per heavy atom. The van der Waals surface area contributed by atoms with Crippen LogP contribution < -0.4 is 0 Å². The fraction of sp³-hybridized carbons (Fsp3) is 0.538. The monoisotopic (exact) mass is 270 g/mol. The third-order valence-corrected chi connectivity index (χ3v) is 4.22. The van der Waals surface area contributed by atoms with Gasteiger partial charge in [-0.3, -0.25) is 9.78 Å². The van der Waals surface area contributed by atoms with Gasteiger partial charge in [-0.15, -0.1) is 0 Å². The third kappa shape index (κ3) is 1.89. The predicted octanol–water partition coefficient (Wildman–Crippen LogP) is 2.48. The molecule has 3 rings (SSSR count). The SMILES string of the molecule is O=C(c1ccncc1F)N1CCC2(CC1)CC2(F)F. The summed E-state index contributed by atoms with van der Waals surface area (Å²) in [6.45, 7) is 0.520. The molecule has 1 amide bonds. The lowest BCUT2D eigenvalue weighted by atomic mass is 9.92. The van der Waals surface area contributed by atoms with E-state index in [1.54, 1.807) is 0 Å². The van der Waals surface area contributed by atoms with Crippen molar-refractivity contribution in [2.45, 2.75) is 25.2 Å². The maximum absolute atomic E-state index is 13.5. The lowest BCUT2D eigenvalue weighted by molar-refractivity contribution is 0.0282. The van der Waals surface area contributed by atoms with Crippen molar-refractivity contribution in [3.8, 4) is 0 Å². The highest BCUT2D eigenvalue weighted by molar-refractivity contribution is 5.94. The first-order valence-electron chi connectivity index (χ1n) is 6.22. The molecule has 1 spiro atoms. The number of hydrogen-bond acceptors (Lipinski definition) is 2. The van der Waals surface area contributed by atoms with Crippen LogP contribution >= 0.6 is 0 Å². The molecule has 1 aliphatic carbocycles. The number of pyridine rings is 1. The maximum atomic E-state index is 13.5. The molecule has 1 aromatic rings. The standard InChI is InChI=1S/C13H13F3N2O/c14-10-7-17-4-1-9(10)11(19)18-5-2-12(3-6-18)8-13(12,15)16/h1,4,7H,2-3,5-6,8H2. The Bertz CT molecular complexity index is 524. The van der Waals surface area contributed by atoms with Crippen molar-refractivity contribution in [1.29, 1.82) is 0 Å². The molecule has 0 N–H and O–H groups in total. The van der Waals surface area contributed by atoms with Gasteiger partial charge >= 0.3 is 0 Å². The molecule has 2 heterocycles. The van der Waals surface area contributed by atoms with Gasteiger partial charge in [0.05, 0.1) is 11.8 Å². The molecule has 0 aromatic carbocycles. The van der Waals surface area contributed by atoms with Gasteiger partial charge in [-0.1, -0.05) is 0 Å². The first-order chi connectivity index (χ1) is 8.95. The van der Waals surface area contributed by atoms with Gasteiger partial charge in [0.2, 0.25) is 0 Å². The molecule has 0 bridgehead atoms. The zero-order valence-electron chi connectivity index (χ0n) is 10.2. The van der Waals surface area contributed by atoms with E-state index in [9.17, 15) is 18.0 Å². The smallest absolute Gasteiger partial charge is 0.256 e. The molecule has 1 aliphatic heterocycles. The Kier molecular flexibility index (Phi) is 2.59. The number of rotatable bonds is 1. The summed E-state index contributed by atoms with van der Waals surface area (Å²) in [6.07, 6.45) is 2.83. The molecule has 2 aliphatic rings. The number of aromatic nitrogens is 1. The van der Waals surface area contributed by atoms with Crippen LogP contribution in [0.1, 0.15) is 29.6 Å². The molecule has 1 aromatic heterocycles. The number of carbonyl (C=O) groups excluding carboxylic acids is 1. The molecule has 3 nitrogen and oxygen atoms in total. The summed E-state index contributed by atoms with van der Waals surface area (Å²) in [5.41, 5.74) is -0.950. The van der Waals surface area contributed by atoms with Gasteiger partial charge in [-0.2, -0.15) is 0 Å². The normalized spacial score (nSPS) is 23.4. The van der Waals surface area contributed by atoms with Crippen LogP contribution in [-0.4, -0.2) is 34.8 Å². The van der Waals surface area contributed by atoms with Gasteiger partial charge in [-0.25, -0.2) is 13.2 Å². The van der Waals surface area contributed by atoms with Crippen molar-refractivity contribution in [1.82, 2.24) is 9.88 Å². The van der Waals surface area contributed by atoms with Crippen LogP contribution in [-0.2, 0) is 0 Å². The summed E-state index contributed by atoms with van der Waals surface area (Å²) in [6, 6.07) is 1.31. The van der Waals surface area contributed by atoms with Crippen LogP contribution in [0.25, 0.3) is 0 Å². The van der Waals surface area contributed by atoms with Crippen molar-refractivity contribution in [3.05, 3.63) is 29.8 Å². The first kappa shape index (κ1) is 12.4. The van der Waals surface area contributed by atoms with Gasteiger partial charge in [0.25, 0.3) is 11.8 Å². The van der Waals surface area contributed by atoms with Crippen LogP contribution in [0.3, 0.4) is 0 Å². The Labute approximate surface area is 108 Å². The van der Waals surface area contributed by atoms with Crippen LogP contribution in [0.2, 0.25) is 0 Å². The van der Waals surface area contributed by atoms with E-state index in [0.29, 0.717) is 12.8 Å². The Balaban J connectivity index is 1.70. The van der Waals surface area contributed by atoms with Gasteiger partial charge in [0.15, 0.2) is 5.82 Å². The van der Waals surface area contributed by atoms with Crippen molar-refractivity contribution >= 4 is 5.91 Å². The van der Waals surface area contributed by atoms with Crippen molar-refractivity contribution in [2.24, 2.45) is 5.41 Å². The largest absolute Gasteiger partial charge is 0.339 e. The fourth-order valence-electron chi connectivity index (χ4n) is 2.78. The topological polar surface area (TPSA) is 33.2 Å². The second-order valence-electron chi connectivity index (χ2n) is 5.31. The minimum Gasteiger partial charge on any atom is -0.339 e. The lowest BCUT2D eigenvalue weighted by Crippen LogP contribution is -2.40. The number of likely N-dealkylation sites (tertiary alicyclic amines) is 1. The number of nitrogens with zero attached hydrogens (tertiary/aromatic N) is 2. The molecular weight excluding hydrogens is 257 g/mol. The van der Waals surface area contributed by atoms with Gasteiger partial charge in [0, 0.05) is 31.1 Å². The van der Waals surface area contributed by atoms with Gasteiger partial charge in [-0.05, 0) is 18.9 Å². The summed E-state index contributed by atoms with van der Waals surface area (Å²) in [5, 5.41) is 0. The predicted molar refractivity (Wildman–Crippen MR) is 61.3 cm³/mol. The molecular formula is C13H13F3N2O. The molecule has 6 heteroatoms. The quantitative estimate of drug-likeness (QED) is 0.785. The van der Waals surface area contributed by atoms with Crippen molar-refractivity contribution in [2.75, 3.05) is 13.1 Å². The number of carbonyl (C=O) groups is 1. The Hall–Kier alpha value is -1.59. The van der Waals surface area contributed by atoms with E-state index in [1.165, 1.54) is 17.2 Å². The number of piperidine rings is 1. The summed E-state index contributed by atoms with van der Waals surface area (Å²) in [4.78, 5) is 17.1.